The predicted molar refractivity (Wildman–Crippen MR) is 93.1 cm³/mol. The van der Waals surface area contributed by atoms with Gasteiger partial charge in [-0.3, -0.25) is 4.79 Å². The fourth-order valence-corrected chi connectivity index (χ4v) is 4.64. The summed E-state index contributed by atoms with van der Waals surface area (Å²) in [5, 5.41) is 11.1. The topological polar surface area (TPSA) is 89.0 Å². The van der Waals surface area contributed by atoms with E-state index in [-0.39, 0.29) is 17.1 Å². The number of hydrogen-bond acceptors (Lipinski definition) is 7. The van der Waals surface area contributed by atoms with Gasteiger partial charge in [-0.15, -0.1) is 10.2 Å². The van der Waals surface area contributed by atoms with Crippen molar-refractivity contribution in [3.05, 3.63) is 29.3 Å². The van der Waals surface area contributed by atoms with Crippen LogP contribution in [0, 0.1) is 0 Å². The zero-order valence-electron chi connectivity index (χ0n) is 12.2. The van der Waals surface area contributed by atoms with Crippen molar-refractivity contribution in [3.8, 4) is 0 Å². The monoisotopic (exact) mass is 391 g/mol. The molecule has 1 aromatic carbocycles. The lowest BCUT2D eigenvalue weighted by molar-refractivity contribution is -0.115. The molecule has 6 nitrogen and oxygen atoms in total. The number of carbonyl (C=O) groups excluding carboxylic acids is 1. The summed E-state index contributed by atoms with van der Waals surface area (Å²) in [6.07, 6.45) is -0.152. The Morgan fingerprint density at radius 3 is 2.65 bits per heavy atom. The van der Waals surface area contributed by atoms with E-state index >= 15 is 0 Å². The minimum absolute atomic E-state index is 0.146. The van der Waals surface area contributed by atoms with Crippen molar-refractivity contribution in [2.24, 2.45) is 0 Å². The Balaban J connectivity index is 1.91. The molecule has 23 heavy (non-hydrogen) atoms. The first-order chi connectivity index (χ1) is 10.9. The van der Waals surface area contributed by atoms with Gasteiger partial charge in [-0.25, -0.2) is 8.42 Å². The highest BCUT2D eigenvalue weighted by molar-refractivity contribution is 8.01. The maximum absolute atomic E-state index is 12.1. The molecule has 0 aliphatic heterocycles. The molecular formula is C13H14ClN3O3S3. The number of carbonyl (C=O) groups is 1. The molecule has 1 aromatic heterocycles. The van der Waals surface area contributed by atoms with Crippen LogP contribution in [-0.4, -0.2) is 36.0 Å². The number of nitrogens with one attached hydrogen (secondary N) is 1. The number of anilines is 1. The van der Waals surface area contributed by atoms with Gasteiger partial charge in [0.1, 0.15) is 0 Å². The second-order valence-electron chi connectivity index (χ2n) is 4.38. The van der Waals surface area contributed by atoms with E-state index in [1.54, 1.807) is 0 Å². The summed E-state index contributed by atoms with van der Waals surface area (Å²) in [7, 11) is -3.52. The Morgan fingerprint density at radius 1 is 1.30 bits per heavy atom. The van der Waals surface area contributed by atoms with Crippen LogP contribution in [0.2, 0.25) is 5.02 Å². The highest BCUT2D eigenvalue weighted by Crippen LogP contribution is 2.25. The Morgan fingerprint density at radius 2 is 2.00 bits per heavy atom. The summed E-state index contributed by atoms with van der Waals surface area (Å²) in [5.41, 5.74) is 0. The van der Waals surface area contributed by atoms with Crippen LogP contribution in [0.3, 0.4) is 0 Å². The second kappa shape index (κ2) is 8.09. The summed E-state index contributed by atoms with van der Waals surface area (Å²) in [4.78, 5) is 12.0. The summed E-state index contributed by atoms with van der Waals surface area (Å²) in [5.74, 6) is 0.171. The first-order valence-corrected chi connectivity index (χ1v) is 10.5. The molecule has 0 fully saturated rings. The maximum atomic E-state index is 12.1. The molecule has 124 valence electrons. The van der Waals surface area contributed by atoms with Crippen LogP contribution in [0.1, 0.15) is 13.3 Å². The van der Waals surface area contributed by atoms with Crippen molar-refractivity contribution < 1.29 is 13.2 Å². The van der Waals surface area contributed by atoms with E-state index in [2.05, 4.69) is 15.5 Å². The molecule has 1 amide bonds. The highest BCUT2D eigenvalue weighted by Gasteiger charge is 2.17. The SMILES string of the molecule is CCSc1nnc(NC(=O)CCS(=O)(=O)c2ccc(Cl)cc2)s1. The lowest BCUT2D eigenvalue weighted by Gasteiger charge is -2.04. The lowest BCUT2D eigenvalue weighted by Crippen LogP contribution is -2.17. The molecule has 0 bridgehead atoms. The Labute approximate surface area is 147 Å². The third-order valence-corrected chi connectivity index (χ3v) is 6.53. The Hall–Kier alpha value is -1.16. The summed E-state index contributed by atoms with van der Waals surface area (Å²) in [6, 6.07) is 5.86. The van der Waals surface area contributed by atoms with E-state index < -0.39 is 15.7 Å². The van der Waals surface area contributed by atoms with Gasteiger partial charge in [-0.2, -0.15) is 0 Å². The molecular weight excluding hydrogens is 378 g/mol. The normalized spacial score (nSPS) is 11.4. The number of benzene rings is 1. The van der Waals surface area contributed by atoms with Gasteiger partial charge in [0, 0.05) is 11.4 Å². The summed E-state index contributed by atoms with van der Waals surface area (Å²) < 4.78 is 25.0. The van der Waals surface area contributed by atoms with Crippen molar-refractivity contribution in [2.45, 2.75) is 22.6 Å². The lowest BCUT2D eigenvalue weighted by atomic mass is 10.4. The number of hydrogen-bond donors (Lipinski definition) is 1. The van der Waals surface area contributed by atoms with Gasteiger partial charge in [0.2, 0.25) is 11.0 Å². The molecule has 0 spiro atoms. The van der Waals surface area contributed by atoms with E-state index in [0.717, 1.165) is 10.1 Å². The average Bonchev–Trinajstić information content (AvgIpc) is 2.93. The molecule has 0 aliphatic carbocycles. The molecule has 0 aliphatic rings. The second-order valence-corrected chi connectivity index (χ2v) is 9.41. The molecule has 1 N–H and O–H groups in total. The number of nitrogens with zero attached hydrogens (tertiary/aromatic N) is 2. The largest absolute Gasteiger partial charge is 0.300 e. The standard InChI is InChI=1S/C13H14ClN3O3S3/c1-2-21-13-17-16-12(22-13)15-11(18)7-8-23(19,20)10-5-3-9(14)4-6-10/h3-6H,2,7-8H2,1H3,(H,15,16,18). The van der Waals surface area contributed by atoms with Crippen LogP contribution >= 0.6 is 34.7 Å². The third-order valence-electron chi connectivity index (χ3n) is 2.69. The van der Waals surface area contributed by atoms with Gasteiger partial charge < -0.3 is 5.32 Å². The minimum Gasteiger partial charge on any atom is -0.300 e. The number of halogens is 1. The van der Waals surface area contributed by atoms with Crippen LogP contribution in [0.15, 0.2) is 33.5 Å². The quantitative estimate of drug-likeness (QED) is 0.576. The van der Waals surface area contributed by atoms with E-state index in [1.807, 2.05) is 6.92 Å². The molecule has 0 unspecified atom stereocenters. The molecule has 2 rings (SSSR count). The fourth-order valence-electron chi connectivity index (χ4n) is 1.61. The van der Waals surface area contributed by atoms with Crippen LogP contribution in [0.4, 0.5) is 5.13 Å². The van der Waals surface area contributed by atoms with Gasteiger partial charge in [0.25, 0.3) is 0 Å². The van der Waals surface area contributed by atoms with Gasteiger partial charge in [0.05, 0.1) is 10.6 Å². The fraction of sp³-hybridized carbons (Fsp3) is 0.308. The van der Waals surface area contributed by atoms with Crippen molar-refractivity contribution in [3.63, 3.8) is 0 Å². The molecule has 0 radical (unpaired) electrons. The van der Waals surface area contributed by atoms with Crippen molar-refractivity contribution in [2.75, 3.05) is 16.8 Å². The number of amides is 1. The number of thioether (sulfide) groups is 1. The Bertz CT molecular complexity index is 775. The number of aromatic nitrogens is 2. The van der Waals surface area contributed by atoms with Crippen molar-refractivity contribution >= 4 is 55.6 Å². The molecule has 0 atom stereocenters. The zero-order chi connectivity index (χ0) is 16.9. The van der Waals surface area contributed by atoms with Gasteiger partial charge in [-0.1, -0.05) is 41.6 Å². The Kier molecular flexibility index (Phi) is 6.40. The van der Waals surface area contributed by atoms with Gasteiger partial charge in [0.15, 0.2) is 14.2 Å². The summed E-state index contributed by atoms with van der Waals surface area (Å²) in [6.45, 7) is 1.99. The minimum atomic E-state index is -3.52. The van der Waals surface area contributed by atoms with Crippen LogP contribution < -0.4 is 5.32 Å². The smallest absolute Gasteiger partial charge is 0.227 e. The van der Waals surface area contributed by atoms with Gasteiger partial charge >= 0.3 is 0 Å². The van der Waals surface area contributed by atoms with E-state index in [9.17, 15) is 13.2 Å². The number of rotatable bonds is 7. The molecule has 0 saturated heterocycles. The first kappa shape index (κ1) is 18.2. The summed E-state index contributed by atoms with van der Waals surface area (Å²) >= 11 is 8.52. The predicted octanol–water partition coefficient (Wildman–Crippen LogP) is 3.11. The molecule has 10 heteroatoms. The highest BCUT2D eigenvalue weighted by atomic mass is 35.5. The van der Waals surface area contributed by atoms with Crippen molar-refractivity contribution in [1.82, 2.24) is 10.2 Å². The van der Waals surface area contributed by atoms with Gasteiger partial charge in [-0.05, 0) is 30.0 Å². The molecule has 0 saturated carbocycles. The van der Waals surface area contributed by atoms with E-state index in [4.69, 9.17) is 11.6 Å². The van der Waals surface area contributed by atoms with Crippen LogP contribution in [0.5, 0.6) is 0 Å². The maximum Gasteiger partial charge on any atom is 0.227 e. The first-order valence-electron chi connectivity index (χ1n) is 6.65. The average molecular weight is 392 g/mol. The number of sulfone groups is 1. The van der Waals surface area contributed by atoms with E-state index in [0.29, 0.717) is 10.2 Å². The van der Waals surface area contributed by atoms with Crippen LogP contribution in [-0.2, 0) is 14.6 Å². The van der Waals surface area contributed by atoms with E-state index in [1.165, 1.54) is 47.4 Å². The molecule has 2 aromatic rings. The van der Waals surface area contributed by atoms with Crippen LogP contribution in [0.25, 0.3) is 0 Å². The third kappa shape index (κ3) is 5.45. The zero-order valence-corrected chi connectivity index (χ0v) is 15.4. The van der Waals surface area contributed by atoms with Crippen molar-refractivity contribution in [1.29, 1.82) is 0 Å². The molecule has 1 heterocycles.